The predicted molar refractivity (Wildman–Crippen MR) is 110 cm³/mol. The SMILES string of the molecule is CCOC(=O)COc1ccc2c(=O)n(C)c(NC(=O)c3cnc(N)nc3)nc2c1OC. The zero-order valence-electron chi connectivity index (χ0n) is 17.0. The Hall–Kier alpha value is -4.22. The van der Waals surface area contributed by atoms with E-state index in [-0.39, 0.29) is 53.1 Å². The summed E-state index contributed by atoms with van der Waals surface area (Å²) in [5.41, 5.74) is 5.27. The molecule has 31 heavy (non-hydrogen) atoms. The van der Waals surface area contributed by atoms with Gasteiger partial charge >= 0.3 is 5.97 Å². The predicted octanol–water partition coefficient (Wildman–Crippen LogP) is 0.508. The van der Waals surface area contributed by atoms with E-state index in [2.05, 4.69) is 20.3 Å². The van der Waals surface area contributed by atoms with Crippen molar-refractivity contribution in [3.63, 3.8) is 0 Å². The van der Waals surface area contributed by atoms with Crippen LogP contribution in [0.4, 0.5) is 11.9 Å². The number of nitrogens with zero attached hydrogens (tertiary/aromatic N) is 4. The van der Waals surface area contributed by atoms with Gasteiger partial charge in [-0.2, -0.15) is 0 Å². The molecular weight excluding hydrogens is 408 g/mol. The number of nitrogens with two attached hydrogens (primary N) is 1. The third-order valence-corrected chi connectivity index (χ3v) is 4.18. The van der Waals surface area contributed by atoms with Crippen LogP contribution in [0, 0.1) is 0 Å². The molecule has 2 aromatic heterocycles. The summed E-state index contributed by atoms with van der Waals surface area (Å²) < 4.78 is 16.8. The van der Waals surface area contributed by atoms with Gasteiger partial charge in [-0.15, -0.1) is 0 Å². The minimum Gasteiger partial charge on any atom is -0.491 e. The van der Waals surface area contributed by atoms with E-state index in [1.165, 1.54) is 43.3 Å². The highest BCUT2D eigenvalue weighted by molar-refractivity contribution is 6.03. The van der Waals surface area contributed by atoms with Crippen molar-refractivity contribution >= 4 is 34.7 Å². The lowest BCUT2D eigenvalue weighted by molar-refractivity contribution is -0.145. The summed E-state index contributed by atoms with van der Waals surface area (Å²) in [6.07, 6.45) is 2.50. The number of nitrogens with one attached hydrogen (secondary N) is 1. The third-order valence-electron chi connectivity index (χ3n) is 4.18. The summed E-state index contributed by atoms with van der Waals surface area (Å²) in [5, 5.41) is 2.77. The second-order valence-electron chi connectivity index (χ2n) is 6.17. The number of aromatic nitrogens is 4. The zero-order chi connectivity index (χ0) is 22.5. The molecule has 0 saturated heterocycles. The van der Waals surface area contributed by atoms with Crippen molar-refractivity contribution in [2.75, 3.05) is 31.4 Å². The van der Waals surface area contributed by atoms with E-state index in [1.807, 2.05) is 0 Å². The van der Waals surface area contributed by atoms with E-state index < -0.39 is 17.4 Å². The highest BCUT2D eigenvalue weighted by Crippen LogP contribution is 2.33. The molecule has 0 bridgehead atoms. The van der Waals surface area contributed by atoms with Gasteiger partial charge in [0.15, 0.2) is 18.1 Å². The second-order valence-corrected chi connectivity index (χ2v) is 6.17. The standard InChI is InChI=1S/C19H20N6O6/c1-4-30-13(26)9-31-12-6-5-11-14(15(12)29-3)23-19(25(2)17(11)28)24-16(27)10-7-21-18(20)22-8-10/h5-8H,4,9H2,1-3H3,(H2,20,21,22)(H,23,24,27). The Morgan fingerprint density at radius 1 is 1.23 bits per heavy atom. The number of carbonyl (C=O) groups excluding carboxylic acids is 2. The molecule has 2 heterocycles. The number of carbonyl (C=O) groups is 2. The third kappa shape index (κ3) is 4.52. The molecule has 3 aromatic rings. The molecule has 0 fully saturated rings. The number of esters is 1. The number of amides is 1. The molecule has 12 heteroatoms. The normalized spacial score (nSPS) is 10.5. The summed E-state index contributed by atoms with van der Waals surface area (Å²) in [6, 6.07) is 2.99. The van der Waals surface area contributed by atoms with Crippen LogP contribution in [0.25, 0.3) is 10.9 Å². The van der Waals surface area contributed by atoms with Crippen molar-refractivity contribution in [2.45, 2.75) is 6.92 Å². The average Bonchev–Trinajstić information content (AvgIpc) is 2.76. The van der Waals surface area contributed by atoms with E-state index >= 15 is 0 Å². The molecule has 0 radical (unpaired) electrons. The van der Waals surface area contributed by atoms with Crippen LogP contribution in [-0.4, -0.2) is 51.7 Å². The van der Waals surface area contributed by atoms with Gasteiger partial charge in [-0.3, -0.25) is 19.5 Å². The van der Waals surface area contributed by atoms with Crippen molar-refractivity contribution in [2.24, 2.45) is 7.05 Å². The van der Waals surface area contributed by atoms with Gasteiger partial charge in [0.05, 0.1) is 24.7 Å². The number of anilines is 2. The molecule has 3 rings (SSSR count). The molecule has 0 aliphatic rings. The summed E-state index contributed by atoms with van der Waals surface area (Å²) in [7, 11) is 2.83. The Kier molecular flexibility index (Phi) is 6.29. The monoisotopic (exact) mass is 428 g/mol. The first-order valence-electron chi connectivity index (χ1n) is 9.10. The van der Waals surface area contributed by atoms with Crippen molar-refractivity contribution in [3.05, 3.63) is 40.4 Å². The fourth-order valence-electron chi connectivity index (χ4n) is 2.69. The molecule has 0 atom stereocenters. The number of ether oxygens (including phenoxy) is 3. The Morgan fingerprint density at radius 2 is 1.94 bits per heavy atom. The Bertz CT molecular complexity index is 1190. The van der Waals surface area contributed by atoms with Crippen LogP contribution in [0.5, 0.6) is 11.5 Å². The molecule has 1 aromatic carbocycles. The largest absolute Gasteiger partial charge is 0.491 e. The fraction of sp³-hybridized carbons (Fsp3) is 0.263. The van der Waals surface area contributed by atoms with Crippen LogP contribution in [0.2, 0.25) is 0 Å². The first-order valence-corrected chi connectivity index (χ1v) is 9.10. The minimum atomic E-state index is -0.587. The summed E-state index contributed by atoms with van der Waals surface area (Å²) >= 11 is 0. The lowest BCUT2D eigenvalue weighted by atomic mass is 10.2. The topological polar surface area (TPSA) is 161 Å². The number of nitrogen functional groups attached to an aromatic ring is 1. The molecule has 0 spiro atoms. The first-order chi connectivity index (χ1) is 14.8. The maximum atomic E-state index is 12.8. The van der Waals surface area contributed by atoms with Gasteiger partial charge in [0.1, 0.15) is 5.52 Å². The average molecular weight is 428 g/mol. The van der Waals surface area contributed by atoms with E-state index in [0.717, 1.165) is 0 Å². The number of rotatable bonds is 7. The quantitative estimate of drug-likeness (QED) is 0.507. The van der Waals surface area contributed by atoms with Crippen LogP contribution in [0.3, 0.4) is 0 Å². The fourth-order valence-corrected chi connectivity index (χ4v) is 2.69. The van der Waals surface area contributed by atoms with Crippen molar-refractivity contribution in [3.8, 4) is 11.5 Å². The Labute approximate surface area is 176 Å². The van der Waals surface area contributed by atoms with Gasteiger partial charge in [-0.25, -0.2) is 19.7 Å². The van der Waals surface area contributed by atoms with Gasteiger partial charge in [-0.05, 0) is 19.1 Å². The molecule has 0 unspecified atom stereocenters. The minimum absolute atomic E-state index is 0.0212. The van der Waals surface area contributed by atoms with Gasteiger partial charge in [-0.1, -0.05) is 0 Å². The molecule has 1 amide bonds. The lowest BCUT2D eigenvalue weighted by Crippen LogP contribution is -2.25. The Morgan fingerprint density at radius 3 is 2.58 bits per heavy atom. The van der Waals surface area contributed by atoms with Gasteiger partial charge in [0.25, 0.3) is 11.5 Å². The van der Waals surface area contributed by atoms with Crippen molar-refractivity contribution in [1.82, 2.24) is 19.5 Å². The second kappa shape index (κ2) is 9.07. The van der Waals surface area contributed by atoms with E-state index in [9.17, 15) is 14.4 Å². The van der Waals surface area contributed by atoms with Crippen LogP contribution >= 0.6 is 0 Å². The maximum absolute atomic E-state index is 12.8. The van der Waals surface area contributed by atoms with Crippen molar-refractivity contribution < 1.29 is 23.8 Å². The number of fused-ring (bicyclic) bond motifs is 1. The van der Waals surface area contributed by atoms with Crippen LogP contribution in [-0.2, 0) is 16.6 Å². The molecule has 0 aliphatic heterocycles. The van der Waals surface area contributed by atoms with Crippen LogP contribution in [0.15, 0.2) is 29.3 Å². The number of hydrogen-bond acceptors (Lipinski definition) is 10. The highest BCUT2D eigenvalue weighted by atomic mass is 16.6. The summed E-state index contributed by atoms with van der Waals surface area (Å²) in [4.78, 5) is 48.8. The van der Waals surface area contributed by atoms with Crippen LogP contribution in [0.1, 0.15) is 17.3 Å². The maximum Gasteiger partial charge on any atom is 0.344 e. The van der Waals surface area contributed by atoms with E-state index in [4.69, 9.17) is 19.9 Å². The summed E-state index contributed by atoms with van der Waals surface area (Å²) in [6.45, 7) is 1.55. The smallest absolute Gasteiger partial charge is 0.344 e. The molecule has 0 saturated carbocycles. The zero-order valence-corrected chi connectivity index (χ0v) is 17.0. The number of methoxy groups -OCH3 is 1. The van der Waals surface area contributed by atoms with Gasteiger partial charge in [0, 0.05) is 19.4 Å². The Balaban J connectivity index is 2.00. The summed E-state index contributed by atoms with van der Waals surface area (Å²) in [5.74, 6) is -0.845. The number of hydrogen-bond donors (Lipinski definition) is 2. The van der Waals surface area contributed by atoms with Crippen LogP contribution < -0.4 is 26.1 Å². The molecule has 3 N–H and O–H groups in total. The molecule has 162 valence electrons. The van der Waals surface area contributed by atoms with E-state index in [1.54, 1.807) is 6.92 Å². The molecular formula is C19H20N6O6. The lowest BCUT2D eigenvalue weighted by Gasteiger charge is -2.15. The molecule has 12 nitrogen and oxygen atoms in total. The first kappa shape index (κ1) is 21.5. The van der Waals surface area contributed by atoms with Gasteiger partial charge in [0.2, 0.25) is 11.9 Å². The van der Waals surface area contributed by atoms with Gasteiger partial charge < -0.3 is 19.9 Å². The van der Waals surface area contributed by atoms with Crippen molar-refractivity contribution in [1.29, 1.82) is 0 Å². The molecule has 0 aliphatic carbocycles. The number of benzene rings is 1. The van der Waals surface area contributed by atoms with E-state index in [0.29, 0.717) is 0 Å². The highest BCUT2D eigenvalue weighted by Gasteiger charge is 2.19.